The SMILES string of the molecule is COc1c2c(cc3c1C(CC(=O)c1cc4c(cc1C)C(C)(C)C(C)C4(C)C)N(C)CC3)OCO2. The molecular formula is C29H37NO4. The Morgan fingerprint density at radius 2 is 1.79 bits per heavy atom. The molecule has 2 aromatic carbocycles. The van der Waals surface area contributed by atoms with Crippen LogP contribution in [0.5, 0.6) is 17.2 Å². The molecular weight excluding hydrogens is 426 g/mol. The Morgan fingerprint density at radius 3 is 2.47 bits per heavy atom. The number of likely N-dealkylation sites (N-methyl/N-ethyl adjacent to an activating group) is 1. The van der Waals surface area contributed by atoms with Gasteiger partial charge in [0, 0.05) is 30.1 Å². The van der Waals surface area contributed by atoms with E-state index in [1.54, 1.807) is 7.11 Å². The second-order valence-corrected chi connectivity index (χ2v) is 11.5. The van der Waals surface area contributed by atoms with Crippen molar-refractivity contribution in [2.45, 2.75) is 71.3 Å². The lowest BCUT2D eigenvalue weighted by molar-refractivity contribution is 0.0925. The smallest absolute Gasteiger partial charge is 0.231 e. The fraction of sp³-hybridized carbons (Fsp3) is 0.552. The fourth-order valence-electron chi connectivity index (χ4n) is 6.51. The van der Waals surface area contributed by atoms with E-state index in [9.17, 15) is 4.79 Å². The molecule has 0 spiro atoms. The summed E-state index contributed by atoms with van der Waals surface area (Å²) in [4.78, 5) is 16.1. The molecule has 0 radical (unpaired) electrons. The van der Waals surface area contributed by atoms with Crippen LogP contribution in [0.2, 0.25) is 0 Å². The molecule has 5 rings (SSSR count). The third-order valence-electron chi connectivity index (χ3n) is 9.14. The lowest BCUT2D eigenvalue weighted by Crippen LogP contribution is -2.34. The Kier molecular flexibility index (Phi) is 5.29. The van der Waals surface area contributed by atoms with E-state index >= 15 is 0 Å². The van der Waals surface area contributed by atoms with Gasteiger partial charge in [-0.25, -0.2) is 0 Å². The fourth-order valence-corrected chi connectivity index (χ4v) is 6.51. The van der Waals surface area contributed by atoms with Crippen molar-refractivity contribution in [2.75, 3.05) is 27.5 Å². The van der Waals surface area contributed by atoms with Crippen molar-refractivity contribution in [2.24, 2.45) is 5.92 Å². The van der Waals surface area contributed by atoms with Gasteiger partial charge in [0.25, 0.3) is 0 Å². The number of nitrogens with zero attached hydrogens (tertiary/aromatic N) is 1. The summed E-state index contributed by atoms with van der Waals surface area (Å²) in [5.41, 5.74) is 6.96. The van der Waals surface area contributed by atoms with Crippen LogP contribution >= 0.6 is 0 Å². The minimum absolute atomic E-state index is 0.0247. The highest BCUT2D eigenvalue weighted by Crippen LogP contribution is 2.54. The summed E-state index contributed by atoms with van der Waals surface area (Å²) >= 11 is 0. The molecule has 0 aromatic heterocycles. The maximum atomic E-state index is 13.9. The average Bonchev–Trinajstić information content (AvgIpc) is 3.30. The van der Waals surface area contributed by atoms with Gasteiger partial charge in [-0.05, 0) is 71.5 Å². The molecule has 182 valence electrons. The van der Waals surface area contributed by atoms with Gasteiger partial charge >= 0.3 is 0 Å². The van der Waals surface area contributed by atoms with Crippen molar-refractivity contribution >= 4 is 5.78 Å². The number of carbonyl (C=O) groups excluding carboxylic acids is 1. The number of ketones is 1. The number of fused-ring (bicyclic) bond motifs is 3. The van der Waals surface area contributed by atoms with E-state index in [0.29, 0.717) is 23.8 Å². The second-order valence-electron chi connectivity index (χ2n) is 11.5. The number of rotatable bonds is 4. The Balaban J connectivity index is 1.54. The average molecular weight is 464 g/mol. The van der Waals surface area contributed by atoms with Crippen molar-refractivity contribution in [1.82, 2.24) is 4.90 Å². The van der Waals surface area contributed by atoms with E-state index in [2.05, 4.69) is 71.7 Å². The Bertz CT molecular complexity index is 1180. The van der Waals surface area contributed by atoms with Gasteiger partial charge < -0.3 is 14.2 Å². The van der Waals surface area contributed by atoms with Crippen molar-refractivity contribution in [3.05, 3.63) is 51.6 Å². The molecule has 2 aromatic rings. The Hall–Kier alpha value is -2.53. The maximum Gasteiger partial charge on any atom is 0.231 e. The molecule has 2 atom stereocenters. The summed E-state index contributed by atoms with van der Waals surface area (Å²) in [6.45, 7) is 14.8. The van der Waals surface area contributed by atoms with Crippen molar-refractivity contribution in [3.8, 4) is 17.2 Å². The number of carbonyl (C=O) groups is 1. The molecule has 0 N–H and O–H groups in total. The number of ether oxygens (including phenoxy) is 3. The second kappa shape index (κ2) is 7.74. The Morgan fingerprint density at radius 1 is 1.12 bits per heavy atom. The van der Waals surface area contributed by atoms with Gasteiger partial charge in [-0.3, -0.25) is 9.69 Å². The molecule has 1 aliphatic carbocycles. The molecule has 2 heterocycles. The minimum atomic E-state index is -0.0725. The number of hydrogen-bond donors (Lipinski definition) is 0. The lowest BCUT2D eigenvalue weighted by atomic mass is 9.71. The topological polar surface area (TPSA) is 48.0 Å². The molecule has 5 heteroatoms. The van der Waals surface area contributed by atoms with Crippen LogP contribution < -0.4 is 14.2 Å². The normalized spacial score (nSPS) is 24.0. The zero-order valence-corrected chi connectivity index (χ0v) is 21.8. The first kappa shape index (κ1) is 23.2. The third kappa shape index (κ3) is 3.19. The first-order valence-corrected chi connectivity index (χ1v) is 12.4. The maximum absolute atomic E-state index is 13.9. The van der Waals surface area contributed by atoms with E-state index in [1.807, 2.05) is 0 Å². The summed E-state index contributed by atoms with van der Waals surface area (Å²) < 4.78 is 17.2. The molecule has 34 heavy (non-hydrogen) atoms. The number of hydrogen-bond acceptors (Lipinski definition) is 5. The molecule has 2 unspecified atom stereocenters. The van der Waals surface area contributed by atoms with Crippen LogP contribution in [0.3, 0.4) is 0 Å². The summed E-state index contributed by atoms with van der Waals surface area (Å²) in [6.07, 6.45) is 1.29. The first-order chi connectivity index (χ1) is 16.0. The van der Waals surface area contributed by atoms with Gasteiger partial charge in [0.2, 0.25) is 12.5 Å². The van der Waals surface area contributed by atoms with Crippen LogP contribution in [0, 0.1) is 12.8 Å². The number of methoxy groups -OCH3 is 1. The number of benzene rings is 2. The van der Waals surface area contributed by atoms with Gasteiger partial charge in [-0.2, -0.15) is 0 Å². The molecule has 0 saturated carbocycles. The molecule has 0 saturated heterocycles. The van der Waals surface area contributed by atoms with Gasteiger partial charge in [0.1, 0.15) is 0 Å². The van der Waals surface area contributed by atoms with E-state index in [-0.39, 0.29) is 29.4 Å². The van der Waals surface area contributed by atoms with E-state index in [4.69, 9.17) is 14.2 Å². The molecule has 0 bridgehead atoms. The van der Waals surface area contributed by atoms with Crippen LogP contribution in [0.1, 0.15) is 85.3 Å². The molecule has 3 aliphatic rings. The standard InChI is InChI=1S/C29H37NO4/c1-16-11-20-21(29(5,6)17(2)28(20,3)4)13-19(16)23(31)14-22-25-18(9-10-30(22)7)12-24-26(27(25)32-8)34-15-33-24/h11-13,17,22H,9-10,14-15H2,1-8H3. The predicted molar refractivity (Wildman–Crippen MR) is 134 cm³/mol. The van der Waals surface area contributed by atoms with Gasteiger partial charge in [-0.15, -0.1) is 0 Å². The monoisotopic (exact) mass is 463 g/mol. The quantitative estimate of drug-likeness (QED) is 0.541. The molecule has 2 aliphatic heterocycles. The number of Topliss-reactive ketones (excluding diaryl/α,β-unsaturated/α-hetero) is 1. The highest BCUT2D eigenvalue weighted by atomic mass is 16.7. The summed E-state index contributed by atoms with van der Waals surface area (Å²) in [5, 5.41) is 0. The largest absolute Gasteiger partial charge is 0.492 e. The highest BCUT2D eigenvalue weighted by Gasteiger charge is 2.49. The van der Waals surface area contributed by atoms with E-state index in [1.165, 1.54) is 16.7 Å². The van der Waals surface area contributed by atoms with Crippen molar-refractivity contribution in [1.29, 1.82) is 0 Å². The van der Waals surface area contributed by atoms with Crippen LogP contribution in [0.4, 0.5) is 0 Å². The number of aryl methyl sites for hydroxylation is 1. The summed E-state index contributed by atoms with van der Waals surface area (Å²) in [6, 6.07) is 6.46. The van der Waals surface area contributed by atoms with Crippen LogP contribution in [0.15, 0.2) is 18.2 Å². The zero-order chi connectivity index (χ0) is 24.6. The molecule has 0 fully saturated rings. The molecule has 5 nitrogen and oxygen atoms in total. The van der Waals surface area contributed by atoms with Crippen molar-refractivity contribution in [3.63, 3.8) is 0 Å². The van der Waals surface area contributed by atoms with Gasteiger partial charge in [0.15, 0.2) is 17.3 Å². The first-order valence-electron chi connectivity index (χ1n) is 12.4. The summed E-state index contributed by atoms with van der Waals surface area (Å²) in [5.74, 6) is 2.76. The Labute approximate surface area is 203 Å². The van der Waals surface area contributed by atoms with Crippen LogP contribution in [0.25, 0.3) is 0 Å². The van der Waals surface area contributed by atoms with E-state index < -0.39 is 0 Å². The summed E-state index contributed by atoms with van der Waals surface area (Å²) in [7, 11) is 3.76. The predicted octanol–water partition coefficient (Wildman–Crippen LogP) is 5.74. The van der Waals surface area contributed by atoms with Gasteiger partial charge in [-0.1, -0.05) is 40.7 Å². The van der Waals surface area contributed by atoms with E-state index in [0.717, 1.165) is 35.4 Å². The van der Waals surface area contributed by atoms with Crippen molar-refractivity contribution < 1.29 is 19.0 Å². The van der Waals surface area contributed by atoms with Crippen LogP contribution in [-0.4, -0.2) is 38.2 Å². The van der Waals surface area contributed by atoms with Crippen LogP contribution in [-0.2, 0) is 17.3 Å². The van der Waals surface area contributed by atoms with Gasteiger partial charge in [0.05, 0.1) is 7.11 Å². The lowest BCUT2D eigenvalue weighted by Gasteiger charge is -2.35. The molecule has 0 amide bonds. The minimum Gasteiger partial charge on any atom is -0.492 e. The third-order valence-corrected chi connectivity index (χ3v) is 9.14. The zero-order valence-electron chi connectivity index (χ0n) is 21.8. The highest BCUT2D eigenvalue weighted by molar-refractivity contribution is 5.98.